The van der Waals surface area contributed by atoms with Crippen LogP contribution >= 0.6 is 11.3 Å². The van der Waals surface area contributed by atoms with Gasteiger partial charge in [-0.25, -0.2) is 14.2 Å². The monoisotopic (exact) mass is 610 g/mol. The van der Waals surface area contributed by atoms with Crippen molar-refractivity contribution in [1.82, 2.24) is 20.1 Å². The Kier molecular flexibility index (Phi) is 8.69. The topological polar surface area (TPSA) is 160 Å². The van der Waals surface area contributed by atoms with E-state index in [9.17, 15) is 14.9 Å². The van der Waals surface area contributed by atoms with Gasteiger partial charge in [0.05, 0.1) is 22.1 Å². The summed E-state index contributed by atoms with van der Waals surface area (Å²) >= 11 is 1.25. The molecular weight excluding hydrogens is 579 g/mol. The van der Waals surface area contributed by atoms with Crippen LogP contribution in [0.5, 0.6) is 0 Å². The van der Waals surface area contributed by atoms with Gasteiger partial charge >= 0.3 is 11.8 Å². The van der Waals surface area contributed by atoms with E-state index < -0.39 is 22.0 Å². The SMILES string of the molecule is CC(C)(C)OC(=O)N1CCN(c2nnc(-c3cnc(-c4ccc(C#N)cc4F)c([N+](=O)[O-])c3NC3CCOCC3)s2)CC1. The summed E-state index contributed by atoms with van der Waals surface area (Å²) in [5, 5.41) is 34.7. The molecule has 0 unspecified atom stereocenters. The molecule has 0 radical (unpaired) electrons. The third kappa shape index (κ3) is 6.81. The average molecular weight is 611 g/mol. The Bertz CT molecular complexity index is 1560. The number of halogens is 1. The standard InChI is InChI=1S/C28H31FN8O5S/c1-28(2,3)42-27(38)36-10-8-35(9-11-36)26-34-33-25(43-26)20-16-31-22(19-5-4-17(15-30)14-21(19)29)24(37(39)40)23(20)32-18-6-12-41-13-7-18/h4-5,14,16,18H,6-13H2,1-3H3,(H,31,32). The highest BCUT2D eigenvalue weighted by atomic mass is 32.1. The molecule has 226 valence electrons. The number of piperazine rings is 1. The van der Waals surface area contributed by atoms with Crippen LogP contribution in [0.15, 0.2) is 24.4 Å². The molecule has 0 bridgehead atoms. The van der Waals surface area contributed by atoms with Crippen molar-refractivity contribution in [3.05, 3.63) is 45.9 Å². The lowest BCUT2D eigenvalue weighted by Gasteiger charge is -2.35. The predicted molar refractivity (Wildman–Crippen MR) is 157 cm³/mol. The van der Waals surface area contributed by atoms with E-state index in [2.05, 4.69) is 20.5 Å². The van der Waals surface area contributed by atoms with Crippen LogP contribution in [0.2, 0.25) is 0 Å². The number of nitriles is 1. The Balaban J connectivity index is 1.47. The lowest BCUT2D eigenvalue weighted by molar-refractivity contribution is -0.383. The van der Waals surface area contributed by atoms with Crippen molar-refractivity contribution in [3.63, 3.8) is 0 Å². The quantitative estimate of drug-likeness (QED) is 0.301. The Hall–Kier alpha value is -4.42. The van der Waals surface area contributed by atoms with Gasteiger partial charge < -0.3 is 24.6 Å². The largest absolute Gasteiger partial charge is 0.444 e. The highest BCUT2D eigenvalue weighted by Crippen LogP contribution is 2.44. The summed E-state index contributed by atoms with van der Waals surface area (Å²) in [6, 6.07) is 5.48. The lowest BCUT2D eigenvalue weighted by Crippen LogP contribution is -2.50. The number of amides is 1. The van der Waals surface area contributed by atoms with Crippen LogP contribution in [0.1, 0.15) is 39.2 Å². The number of hydrogen-bond donors (Lipinski definition) is 1. The number of pyridine rings is 1. The third-order valence-corrected chi connectivity index (χ3v) is 8.02. The van der Waals surface area contributed by atoms with Gasteiger partial charge in [-0.05, 0) is 51.8 Å². The molecule has 2 aliphatic rings. The van der Waals surface area contributed by atoms with Crippen LogP contribution in [-0.2, 0) is 9.47 Å². The van der Waals surface area contributed by atoms with Gasteiger partial charge in [-0.2, -0.15) is 5.26 Å². The maximum atomic E-state index is 15.0. The van der Waals surface area contributed by atoms with E-state index in [4.69, 9.17) is 14.7 Å². The van der Waals surface area contributed by atoms with Gasteiger partial charge in [0.25, 0.3) is 0 Å². The van der Waals surface area contributed by atoms with Crippen molar-refractivity contribution < 1.29 is 23.6 Å². The van der Waals surface area contributed by atoms with E-state index in [-0.39, 0.29) is 34.6 Å². The summed E-state index contributed by atoms with van der Waals surface area (Å²) in [5.74, 6) is -0.789. The van der Waals surface area contributed by atoms with Crippen LogP contribution in [0.25, 0.3) is 21.8 Å². The van der Waals surface area contributed by atoms with Crippen molar-refractivity contribution in [3.8, 4) is 27.9 Å². The number of carbonyl (C=O) groups excluding carboxylic acids is 1. The number of nitrogens with one attached hydrogen (secondary N) is 1. The smallest absolute Gasteiger partial charge is 0.410 e. The molecule has 13 nitrogen and oxygen atoms in total. The van der Waals surface area contributed by atoms with E-state index in [1.165, 1.54) is 29.7 Å². The highest BCUT2D eigenvalue weighted by Gasteiger charge is 2.32. The maximum Gasteiger partial charge on any atom is 0.410 e. The van der Waals surface area contributed by atoms with Crippen LogP contribution in [0.4, 0.5) is 25.7 Å². The van der Waals surface area contributed by atoms with Gasteiger partial charge in [-0.15, -0.1) is 10.2 Å². The average Bonchev–Trinajstić information content (AvgIpc) is 3.46. The molecule has 0 aliphatic carbocycles. The molecule has 0 spiro atoms. The molecule has 1 aromatic carbocycles. The molecule has 1 amide bonds. The first-order chi connectivity index (χ1) is 20.5. The number of hydrogen-bond acceptors (Lipinski definition) is 12. The zero-order chi connectivity index (χ0) is 30.7. The Labute approximate surface area is 251 Å². The number of rotatable bonds is 6. The molecule has 5 rings (SSSR count). The summed E-state index contributed by atoms with van der Waals surface area (Å²) in [7, 11) is 0. The highest BCUT2D eigenvalue weighted by molar-refractivity contribution is 7.18. The minimum absolute atomic E-state index is 0.0897. The normalized spacial score (nSPS) is 16.1. The molecule has 43 heavy (non-hydrogen) atoms. The summed E-state index contributed by atoms with van der Waals surface area (Å²) in [6.07, 6.45) is 2.32. The minimum Gasteiger partial charge on any atom is -0.444 e. The Morgan fingerprint density at radius 1 is 1.21 bits per heavy atom. The summed E-state index contributed by atoms with van der Waals surface area (Å²) in [6.45, 7) is 8.37. The van der Waals surface area contributed by atoms with E-state index in [0.717, 1.165) is 6.07 Å². The Morgan fingerprint density at radius 2 is 1.93 bits per heavy atom. The predicted octanol–water partition coefficient (Wildman–Crippen LogP) is 4.83. The number of anilines is 2. The number of aromatic nitrogens is 3. The molecule has 2 aromatic heterocycles. The van der Waals surface area contributed by atoms with E-state index in [1.54, 1.807) is 4.90 Å². The van der Waals surface area contributed by atoms with Gasteiger partial charge in [0.1, 0.15) is 17.1 Å². The van der Waals surface area contributed by atoms with Crippen molar-refractivity contribution in [2.75, 3.05) is 49.6 Å². The van der Waals surface area contributed by atoms with Crippen LogP contribution in [0.3, 0.4) is 0 Å². The Morgan fingerprint density at radius 3 is 2.56 bits per heavy atom. The fourth-order valence-electron chi connectivity index (χ4n) is 4.87. The minimum atomic E-state index is -0.789. The van der Waals surface area contributed by atoms with Crippen molar-refractivity contribution in [2.45, 2.75) is 45.3 Å². The first-order valence-electron chi connectivity index (χ1n) is 13.8. The summed E-state index contributed by atoms with van der Waals surface area (Å²) in [5.41, 5.74) is -0.599. The second kappa shape index (κ2) is 12.4. The van der Waals surface area contributed by atoms with Gasteiger partial charge in [0.2, 0.25) is 5.13 Å². The molecule has 0 saturated carbocycles. The first kappa shape index (κ1) is 30.1. The fourth-order valence-corrected chi connectivity index (χ4v) is 5.78. The number of ether oxygens (including phenoxy) is 2. The lowest BCUT2D eigenvalue weighted by atomic mass is 10.0. The van der Waals surface area contributed by atoms with Gasteiger partial charge in [0.15, 0.2) is 10.7 Å². The molecule has 2 aliphatic heterocycles. The molecule has 4 heterocycles. The van der Waals surface area contributed by atoms with Crippen molar-refractivity contribution in [2.24, 2.45) is 0 Å². The zero-order valence-electron chi connectivity index (χ0n) is 24.0. The first-order valence-corrected chi connectivity index (χ1v) is 14.6. The van der Waals surface area contributed by atoms with E-state index >= 15 is 4.39 Å². The maximum absolute atomic E-state index is 15.0. The molecular formula is C28H31FN8O5S. The van der Waals surface area contributed by atoms with Gasteiger partial charge in [-0.1, -0.05) is 11.3 Å². The zero-order valence-corrected chi connectivity index (χ0v) is 24.8. The number of benzene rings is 1. The van der Waals surface area contributed by atoms with Crippen molar-refractivity contribution in [1.29, 1.82) is 5.26 Å². The summed E-state index contributed by atoms with van der Waals surface area (Å²) < 4.78 is 26.0. The van der Waals surface area contributed by atoms with E-state index in [0.29, 0.717) is 67.9 Å². The number of nitro groups is 1. The van der Waals surface area contributed by atoms with Crippen molar-refractivity contribution >= 4 is 33.9 Å². The molecule has 2 fully saturated rings. The molecule has 15 heteroatoms. The van der Waals surface area contributed by atoms with Gasteiger partial charge in [-0.3, -0.25) is 10.1 Å². The second-order valence-corrected chi connectivity index (χ2v) is 12.1. The second-order valence-electron chi connectivity index (χ2n) is 11.2. The van der Waals surface area contributed by atoms with Gasteiger partial charge in [0, 0.05) is 57.2 Å². The molecule has 0 atom stereocenters. The molecule has 2 saturated heterocycles. The van der Waals surface area contributed by atoms with E-state index in [1.807, 2.05) is 31.7 Å². The number of carbonyl (C=O) groups is 1. The van der Waals surface area contributed by atoms with Crippen LogP contribution in [-0.4, -0.2) is 82.1 Å². The molecule has 3 aromatic rings. The third-order valence-electron chi connectivity index (χ3n) is 7.01. The van der Waals surface area contributed by atoms with Crippen LogP contribution < -0.4 is 10.2 Å². The van der Waals surface area contributed by atoms with Crippen LogP contribution in [0, 0.1) is 27.3 Å². The number of nitrogens with zero attached hydrogens (tertiary/aromatic N) is 7. The molecule has 1 N–H and O–H groups in total. The fraction of sp³-hybridized carbons (Fsp3) is 0.464. The summed E-state index contributed by atoms with van der Waals surface area (Å²) in [4.78, 5) is 32.4.